The number of nitrogens with one attached hydrogen (secondary N) is 1. The van der Waals surface area contributed by atoms with Crippen molar-refractivity contribution in [2.75, 3.05) is 0 Å². The molecule has 2 heteroatoms. The second kappa shape index (κ2) is 6.69. The Morgan fingerprint density at radius 3 is 2.20 bits per heavy atom. The molecule has 0 radical (unpaired) electrons. The highest BCUT2D eigenvalue weighted by atomic mass is 16.7. The van der Waals surface area contributed by atoms with Crippen LogP contribution in [-0.4, -0.2) is 6.10 Å². The van der Waals surface area contributed by atoms with Crippen LogP contribution in [0.1, 0.15) is 31.2 Å². The SMILES string of the molecule is c1ccc(-c2ccc(CNOC3CCCC3)cc2)cc1. The van der Waals surface area contributed by atoms with Crippen LogP contribution < -0.4 is 5.48 Å². The minimum Gasteiger partial charge on any atom is -0.298 e. The normalized spacial score (nSPS) is 15.6. The Morgan fingerprint density at radius 2 is 1.50 bits per heavy atom. The third-order valence-electron chi connectivity index (χ3n) is 3.89. The molecule has 1 aliphatic rings. The molecule has 20 heavy (non-hydrogen) atoms. The molecule has 2 aromatic rings. The molecule has 0 aromatic heterocycles. The van der Waals surface area contributed by atoms with Gasteiger partial charge in [-0.3, -0.25) is 4.84 Å². The van der Waals surface area contributed by atoms with E-state index in [0.29, 0.717) is 6.10 Å². The molecule has 0 heterocycles. The molecule has 0 bridgehead atoms. The van der Waals surface area contributed by atoms with Crippen LogP contribution in [0.5, 0.6) is 0 Å². The topological polar surface area (TPSA) is 21.3 Å². The lowest BCUT2D eigenvalue weighted by Gasteiger charge is -2.11. The van der Waals surface area contributed by atoms with Gasteiger partial charge in [0.25, 0.3) is 0 Å². The summed E-state index contributed by atoms with van der Waals surface area (Å²) in [7, 11) is 0. The highest BCUT2D eigenvalue weighted by Crippen LogP contribution is 2.21. The Hall–Kier alpha value is -1.64. The smallest absolute Gasteiger partial charge is 0.0790 e. The predicted octanol–water partition coefficient (Wildman–Crippen LogP) is 4.32. The van der Waals surface area contributed by atoms with Crippen molar-refractivity contribution in [2.45, 2.75) is 38.3 Å². The molecule has 0 amide bonds. The van der Waals surface area contributed by atoms with Gasteiger partial charge in [-0.1, -0.05) is 67.4 Å². The predicted molar refractivity (Wildman–Crippen MR) is 82.1 cm³/mol. The summed E-state index contributed by atoms with van der Waals surface area (Å²) in [5, 5.41) is 0. The molecule has 104 valence electrons. The van der Waals surface area contributed by atoms with Crippen LogP contribution in [0, 0.1) is 0 Å². The van der Waals surface area contributed by atoms with Crippen LogP contribution in [-0.2, 0) is 11.4 Å². The molecule has 0 saturated heterocycles. The minimum absolute atomic E-state index is 0.415. The maximum atomic E-state index is 5.67. The van der Waals surface area contributed by atoms with Gasteiger partial charge in [-0.05, 0) is 29.5 Å². The van der Waals surface area contributed by atoms with E-state index >= 15 is 0 Å². The summed E-state index contributed by atoms with van der Waals surface area (Å²) >= 11 is 0. The summed E-state index contributed by atoms with van der Waals surface area (Å²) < 4.78 is 0. The second-order valence-corrected chi connectivity index (χ2v) is 5.41. The Morgan fingerprint density at radius 1 is 0.850 bits per heavy atom. The zero-order chi connectivity index (χ0) is 13.6. The van der Waals surface area contributed by atoms with Gasteiger partial charge in [0, 0.05) is 6.54 Å². The molecule has 1 saturated carbocycles. The van der Waals surface area contributed by atoms with E-state index < -0.39 is 0 Å². The van der Waals surface area contributed by atoms with Gasteiger partial charge in [-0.25, -0.2) is 0 Å². The van der Waals surface area contributed by atoms with E-state index in [0.717, 1.165) is 6.54 Å². The fraction of sp³-hybridized carbons (Fsp3) is 0.333. The van der Waals surface area contributed by atoms with Gasteiger partial charge < -0.3 is 0 Å². The van der Waals surface area contributed by atoms with Crippen LogP contribution >= 0.6 is 0 Å². The van der Waals surface area contributed by atoms with E-state index in [1.165, 1.54) is 42.4 Å². The van der Waals surface area contributed by atoms with Crippen molar-refractivity contribution in [2.24, 2.45) is 0 Å². The third kappa shape index (κ3) is 3.47. The highest BCUT2D eigenvalue weighted by molar-refractivity contribution is 5.63. The quantitative estimate of drug-likeness (QED) is 0.815. The lowest BCUT2D eigenvalue weighted by Crippen LogP contribution is -2.21. The Bertz CT molecular complexity index is 515. The maximum absolute atomic E-state index is 5.67. The van der Waals surface area contributed by atoms with E-state index in [1.807, 2.05) is 6.07 Å². The molecular weight excluding hydrogens is 246 g/mol. The molecule has 0 atom stereocenters. The number of hydrogen-bond donors (Lipinski definition) is 1. The molecule has 0 unspecified atom stereocenters. The van der Waals surface area contributed by atoms with Crippen molar-refractivity contribution in [3.05, 3.63) is 60.2 Å². The molecule has 0 spiro atoms. The molecule has 3 rings (SSSR count). The third-order valence-corrected chi connectivity index (χ3v) is 3.89. The fourth-order valence-electron chi connectivity index (χ4n) is 2.69. The van der Waals surface area contributed by atoms with Crippen molar-refractivity contribution >= 4 is 0 Å². The summed E-state index contributed by atoms with van der Waals surface area (Å²) in [6.07, 6.45) is 5.41. The van der Waals surface area contributed by atoms with Gasteiger partial charge in [-0.15, -0.1) is 0 Å². The Labute approximate surface area is 120 Å². The van der Waals surface area contributed by atoms with Crippen molar-refractivity contribution < 1.29 is 4.84 Å². The average Bonchev–Trinajstić information content (AvgIpc) is 3.02. The first-order valence-corrected chi connectivity index (χ1v) is 7.45. The van der Waals surface area contributed by atoms with E-state index in [1.54, 1.807) is 0 Å². The van der Waals surface area contributed by atoms with E-state index in [-0.39, 0.29) is 0 Å². The molecular formula is C18H21NO. The van der Waals surface area contributed by atoms with E-state index in [4.69, 9.17) is 4.84 Å². The Kier molecular flexibility index (Phi) is 4.46. The maximum Gasteiger partial charge on any atom is 0.0790 e. The van der Waals surface area contributed by atoms with E-state index in [2.05, 4.69) is 54.0 Å². The lowest BCUT2D eigenvalue weighted by atomic mass is 10.0. The summed E-state index contributed by atoms with van der Waals surface area (Å²) in [5.74, 6) is 0. The van der Waals surface area contributed by atoms with Crippen LogP contribution in [0.15, 0.2) is 54.6 Å². The molecule has 1 N–H and O–H groups in total. The van der Waals surface area contributed by atoms with Crippen LogP contribution in [0.25, 0.3) is 11.1 Å². The number of rotatable bonds is 5. The van der Waals surface area contributed by atoms with Crippen molar-refractivity contribution in [1.29, 1.82) is 0 Å². The zero-order valence-electron chi connectivity index (χ0n) is 11.7. The molecule has 1 fully saturated rings. The molecule has 2 aromatic carbocycles. The summed E-state index contributed by atoms with van der Waals surface area (Å²) in [6.45, 7) is 0.769. The number of hydroxylamine groups is 1. The van der Waals surface area contributed by atoms with Gasteiger partial charge in [0.1, 0.15) is 0 Å². The summed E-state index contributed by atoms with van der Waals surface area (Å²) in [6, 6.07) is 19.1. The summed E-state index contributed by atoms with van der Waals surface area (Å²) in [4.78, 5) is 5.67. The number of hydrogen-bond acceptors (Lipinski definition) is 2. The van der Waals surface area contributed by atoms with Crippen molar-refractivity contribution in [3.63, 3.8) is 0 Å². The molecule has 2 nitrogen and oxygen atoms in total. The first kappa shape index (κ1) is 13.3. The standard InChI is InChI=1S/C18H21NO/c1-2-6-16(7-3-1)17-12-10-15(11-13-17)14-19-20-18-8-4-5-9-18/h1-3,6-7,10-13,18-19H,4-5,8-9,14H2. The average molecular weight is 267 g/mol. The largest absolute Gasteiger partial charge is 0.298 e. The molecule has 1 aliphatic carbocycles. The number of benzene rings is 2. The van der Waals surface area contributed by atoms with Crippen LogP contribution in [0.3, 0.4) is 0 Å². The monoisotopic (exact) mass is 267 g/mol. The Balaban J connectivity index is 1.53. The van der Waals surface area contributed by atoms with Gasteiger partial charge in [0.15, 0.2) is 0 Å². The summed E-state index contributed by atoms with van der Waals surface area (Å²) in [5.41, 5.74) is 6.87. The minimum atomic E-state index is 0.415. The van der Waals surface area contributed by atoms with Crippen molar-refractivity contribution in [3.8, 4) is 11.1 Å². The van der Waals surface area contributed by atoms with E-state index in [9.17, 15) is 0 Å². The fourth-order valence-corrected chi connectivity index (χ4v) is 2.69. The van der Waals surface area contributed by atoms with Crippen molar-refractivity contribution in [1.82, 2.24) is 5.48 Å². The first-order valence-electron chi connectivity index (χ1n) is 7.45. The second-order valence-electron chi connectivity index (χ2n) is 5.41. The lowest BCUT2D eigenvalue weighted by molar-refractivity contribution is -0.0244. The molecule has 0 aliphatic heterocycles. The van der Waals surface area contributed by atoms with Gasteiger partial charge in [-0.2, -0.15) is 5.48 Å². The zero-order valence-corrected chi connectivity index (χ0v) is 11.7. The van der Waals surface area contributed by atoms with Crippen LogP contribution in [0.2, 0.25) is 0 Å². The first-order chi connectivity index (χ1) is 9.92. The van der Waals surface area contributed by atoms with Gasteiger partial charge >= 0.3 is 0 Å². The van der Waals surface area contributed by atoms with Gasteiger partial charge in [0.2, 0.25) is 0 Å². The highest BCUT2D eigenvalue weighted by Gasteiger charge is 2.15. The van der Waals surface area contributed by atoms with Crippen LogP contribution in [0.4, 0.5) is 0 Å². The van der Waals surface area contributed by atoms with Gasteiger partial charge in [0.05, 0.1) is 6.10 Å².